The molecule has 3 rings (SSSR count). The first-order chi connectivity index (χ1) is 13.0. The molecule has 1 aliphatic rings. The summed E-state index contributed by atoms with van der Waals surface area (Å²) in [7, 11) is 0. The fourth-order valence-corrected chi connectivity index (χ4v) is 4.05. The van der Waals surface area contributed by atoms with Crippen molar-refractivity contribution in [3.8, 4) is 5.69 Å². The number of imidazole rings is 1. The van der Waals surface area contributed by atoms with Crippen molar-refractivity contribution in [2.45, 2.75) is 25.4 Å². The summed E-state index contributed by atoms with van der Waals surface area (Å²) < 4.78 is 2.03. The Bertz CT molecular complexity index is 835. The number of primary amides is 1. The largest absolute Gasteiger partial charge is 0.351 e. The number of aromatic nitrogens is 2. The van der Waals surface area contributed by atoms with Crippen LogP contribution in [0.4, 0.5) is 4.79 Å². The standard InChI is InChI=1S/C19H25N5O2S/c1-14-5-3-6-16(15(14)2)24-10-7-21-19(24)27-13-17(25)22-8-4-9-23(12-11-22)18(20)26/h3,5-7,10H,4,8-9,11-13H2,1-2H3,(H2,20,26). The van der Waals surface area contributed by atoms with Gasteiger partial charge in [-0.05, 0) is 37.5 Å². The number of urea groups is 1. The molecule has 1 saturated heterocycles. The normalized spacial score (nSPS) is 14.9. The van der Waals surface area contributed by atoms with Crippen LogP contribution in [0.25, 0.3) is 5.69 Å². The van der Waals surface area contributed by atoms with Crippen molar-refractivity contribution >= 4 is 23.7 Å². The second-order valence-corrected chi connectivity index (χ2v) is 7.59. The van der Waals surface area contributed by atoms with E-state index in [4.69, 9.17) is 5.73 Å². The van der Waals surface area contributed by atoms with Crippen molar-refractivity contribution in [2.24, 2.45) is 5.73 Å². The average molecular weight is 388 g/mol. The Labute approximate surface area is 163 Å². The first-order valence-electron chi connectivity index (χ1n) is 9.02. The summed E-state index contributed by atoms with van der Waals surface area (Å²) in [6, 6.07) is 5.75. The minimum atomic E-state index is -0.422. The van der Waals surface area contributed by atoms with Gasteiger partial charge in [-0.25, -0.2) is 9.78 Å². The lowest BCUT2D eigenvalue weighted by molar-refractivity contribution is -0.128. The molecule has 27 heavy (non-hydrogen) atoms. The Kier molecular flexibility index (Phi) is 6.05. The highest BCUT2D eigenvalue weighted by Crippen LogP contribution is 2.24. The van der Waals surface area contributed by atoms with E-state index in [0.29, 0.717) is 31.9 Å². The predicted octanol–water partition coefficient (Wildman–Crippen LogP) is 2.19. The highest BCUT2D eigenvalue weighted by molar-refractivity contribution is 7.99. The molecule has 7 nitrogen and oxygen atoms in total. The van der Waals surface area contributed by atoms with Crippen LogP contribution >= 0.6 is 11.8 Å². The van der Waals surface area contributed by atoms with Crippen LogP contribution in [0.2, 0.25) is 0 Å². The van der Waals surface area contributed by atoms with Gasteiger partial charge in [-0.3, -0.25) is 9.36 Å². The number of rotatable bonds is 4. The number of carbonyl (C=O) groups is 2. The summed E-state index contributed by atoms with van der Waals surface area (Å²) in [4.78, 5) is 31.8. The maximum Gasteiger partial charge on any atom is 0.314 e. The first-order valence-corrected chi connectivity index (χ1v) is 10.0. The summed E-state index contributed by atoms with van der Waals surface area (Å²) in [5, 5.41) is 0.797. The quantitative estimate of drug-likeness (QED) is 0.815. The molecule has 2 N–H and O–H groups in total. The van der Waals surface area contributed by atoms with E-state index in [1.807, 2.05) is 16.8 Å². The van der Waals surface area contributed by atoms with Crippen molar-refractivity contribution in [3.05, 3.63) is 41.7 Å². The lowest BCUT2D eigenvalue weighted by atomic mass is 10.1. The monoisotopic (exact) mass is 387 g/mol. The van der Waals surface area contributed by atoms with Crippen molar-refractivity contribution in [3.63, 3.8) is 0 Å². The van der Waals surface area contributed by atoms with E-state index in [2.05, 4.69) is 31.0 Å². The number of aryl methyl sites for hydroxylation is 1. The summed E-state index contributed by atoms with van der Waals surface area (Å²) in [5.74, 6) is 0.375. The molecule has 3 amide bonds. The minimum Gasteiger partial charge on any atom is -0.351 e. The van der Waals surface area contributed by atoms with E-state index in [-0.39, 0.29) is 5.91 Å². The van der Waals surface area contributed by atoms with Crippen molar-refractivity contribution in [2.75, 3.05) is 31.9 Å². The maximum atomic E-state index is 12.6. The van der Waals surface area contributed by atoms with Gasteiger partial charge in [0.25, 0.3) is 0 Å². The molecule has 1 aromatic carbocycles. The molecule has 0 unspecified atom stereocenters. The first kappa shape index (κ1) is 19.3. The maximum absolute atomic E-state index is 12.6. The summed E-state index contributed by atoms with van der Waals surface area (Å²) in [5.41, 5.74) is 8.84. The van der Waals surface area contributed by atoms with Gasteiger partial charge in [0.15, 0.2) is 5.16 Å². The van der Waals surface area contributed by atoms with Gasteiger partial charge < -0.3 is 15.5 Å². The number of amides is 3. The zero-order chi connectivity index (χ0) is 19.4. The van der Waals surface area contributed by atoms with E-state index in [1.54, 1.807) is 16.0 Å². The Hall–Kier alpha value is -2.48. The van der Waals surface area contributed by atoms with Gasteiger partial charge in [0.05, 0.1) is 11.4 Å². The second kappa shape index (κ2) is 8.47. The lowest BCUT2D eigenvalue weighted by Gasteiger charge is -2.21. The SMILES string of the molecule is Cc1cccc(-n2ccnc2SCC(=O)N2CCCN(C(N)=O)CC2)c1C. The lowest BCUT2D eigenvalue weighted by Crippen LogP contribution is -2.40. The number of benzene rings is 1. The van der Waals surface area contributed by atoms with Gasteiger partial charge in [0.1, 0.15) is 0 Å². The van der Waals surface area contributed by atoms with E-state index in [1.165, 1.54) is 22.9 Å². The molecule has 144 valence electrons. The fraction of sp³-hybridized carbons (Fsp3) is 0.421. The molecule has 2 aromatic rings. The third kappa shape index (κ3) is 4.44. The van der Waals surface area contributed by atoms with Crippen LogP contribution in [0.15, 0.2) is 35.7 Å². The summed E-state index contributed by atoms with van der Waals surface area (Å²) >= 11 is 1.43. The molecule has 1 fully saturated rings. The molecule has 8 heteroatoms. The Morgan fingerprint density at radius 3 is 2.67 bits per heavy atom. The van der Waals surface area contributed by atoms with E-state index < -0.39 is 6.03 Å². The van der Waals surface area contributed by atoms with Crippen LogP contribution < -0.4 is 5.73 Å². The number of carbonyl (C=O) groups excluding carboxylic acids is 2. The molecule has 0 bridgehead atoms. The van der Waals surface area contributed by atoms with Gasteiger partial charge in [0, 0.05) is 38.6 Å². The van der Waals surface area contributed by atoms with Crippen molar-refractivity contribution in [1.82, 2.24) is 19.4 Å². The predicted molar refractivity (Wildman–Crippen MR) is 106 cm³/mol. The van der Waals surface area contributed by atoms with Gasteiger partial charge >= 0.3 is 6.03 Å². The topological polar surface area (TPSA) is 84.5 Å². The smallest absolute Gasteiger partial charge is 0.314 e. The van der Waals surface area contributed by atoms with Gasteiger partial charge in [0.2, 0.25) is 5.91 Å². The van der Waals surface area contributed by atoms with Crippen LogP contribution in [-0.2, 0) is 4.79 Å². The minimum absolute atomic E-state index is 0.0573. The number of hydrogen-bond acceptors (Lipinski definition) is 4. The number of nitrogens with zero attached hydrogens (tertiary/aromatic N) is 4. The van der Waals surface area contributed by atoms with Crippen LogP contribution in [0.5, 0.6) is 0 Å². The third-order valence-electron chi connectivity index (χ3n) is 4.93. The number of hydrogen-bond donors (Lipinski definition) is 1. The van der Waals surface area contributed by atoms with Crippen LogP contribution in [0, 0.1) is 13.8 Å². The molecule has 0 atom stereocenters. The molecule has 0 saturated carbocycles. The van der Waals surface area contributed by atoms with Gasteiger partial charge in [-0.2, -0.15) is 0 Å². The highest BCUT2D eigenvalue weighted by Gasteiger charge is 2.21. The molecular formula is C19H25N5O2S. The van der Waals surface area contributed by atoms with Crippen molar-refractivity contribution < 1.29 is 9.59 Å². The summed E-state index contributed by atoms with van der Waals surface area (Å²) in [6.45, 7) is 6.43. The van der Waals surface area contributed by atoms with Crippen molar-refractivity contribution in [1.29, 1.82) is 0 Å². The Balaban J connectivity index is 1.64. The Morgan fingerprint density at radius 2 is 1.89 bits per heavy atom. The van der Waals surface area contributed by atoms with Gasteiger partial charge in [-0.15, -0.1) is 0 Å². The molecule has 0 aliphatic carbocycles. The van der Waals surface area contributed by atoms with E-state index in [0.717, 1.165) is 17.3 Å². The number of thioether (sulfide) groups is 1. The van der Waals surface area contributed by atoms with Crippen LogP contribution in [0.3, 0.4) is 0 Å². The molecule has 1 aliphatic heterocycles. The van der Waals surface area contributed by atoms with Crippen LogP contribution in [-0.4, -0.2) is 63.2 Å². The molecular weight excluding hydrogens is 362 g/mol. The van der Waals surface area contributed by atoms with Crippen LogP contribution in [0.1, 0.15) is 17.5 Å². The molecule has 0 spiro atoms. The fourth-order valence-electron chi connectivity index (χ4n) is 3.18. The Morgan fingerprint density at radius 1 is 1.15 bits per heavy atom. The van der Waals surface area contributed by atoms with E-state index >= 15 is 0 Å². The second-order valence-electron chi connectivity index (χ2n) is 6.65. The van der Waals surface area contributed by atoms with Gasteiger partial charge in [-0.1, -0.05) is 23.9 Å². The highest BCUT2D eigenvalue weighted by atomic mass is 32.2. The molecule has 0 radical (unpaired) electrons. The zero-order valence-corrected chi connectivity index (χ0v) is 16.5. The number of nitrogens with two attached hydrogens (primary N) is 1. The van der Waals surface area contributed by atoms with E-state index in [9.17, 15) is 9.59 Å². The zero-order valence-electron chi connectivity index (χ0n) is 15.7. The molecule has 1 aromatic heterocycles. The average Bonchev–Trinajstić information content (AvgIpc) is 2.95. The third-order valence-corrected chi connectivity index (χ3v) is 5.88. The molecule has 2 heterocycles. The summed E-state index contributed by atoms with van der Waals surface area (Å²) in [6.07, 6.45) is 4.42.